The van der Waals surface area contributed by atoms with Gasteiger partial charge in [-0.15, -0.1) is 0 Å². The van der Waals surface area contributed by atoms with E-state index in [0.717, 1.165) is 29.7 Å². The number of hydrogen-bond acceptors (Lipinski definition) is 3. The molecule has 1 aliphatic heterocycles. The number of imidazole rings is 1. The molecule has 0 spiro atoms. The van der Waals surface area contributed by atoms with Gasteiger partial charge in [-0.05, 0) is 44.0 Å². The number of aromatic nitrogens is 2. The molecule has 6 heteroatoms. The second kappa shape index (κ2) is 7.61. The van der Waals surface area contributed by atoms with Crippen LogP contribution in [-0.4, -0.2) is 40.0 Å². The number of ether oxygens (including phenoxy) is 1. The zero-order valence-electron chi connectivity index (χ0n) is 15.2. The highest BCUT2D eigenvalue weighted by Crippen LogP contribution is 2.29. The van der Waals surface area contributed by atoms with Gasteiger partial charge in [0.15, 0.2) is 6.10 Å². The van der Waals surface area contributed by atoms with Crippen LogP contribution in [0.3, 0.4) is 0 Å². The Bertz CT molecular complexity index is 914. The van der Waals surface area contributed by atoms with Crippen LogP contribution in [0.15, 0.2) is 48.5 Å². The topological polar surface area (TPSA) is 58.2 Å². The molecule has 1 atom stereocenters. The Morgan fingerprint density at radius 2 is 1.89 bits per heavy atom. The monoisotopic (exact) mass is 383 g/mol. The number of hydrogen-bond donors (Lipinski definition) is 1. The molecule has 0 bridgehead atoms. The summed E-state index contributed by atoms with van der Waals surface area (Å²) in [4.78, 5) is 22.7. The van der Waals surface area contributed by atoms with Crippen LogP contribution in [0.1, 0.15) is 31.5 Å². The zero-order chi connectivity index (χ0) is 18.8. The molecular formula is C21H22ClN3O2. The lowest BCUT2D eigenvalue weighted by Gasteiger charge is -2.32. The van der Waals surface area contributed by atoms with Crippen LogP contribution in [0.25, 0.3) is 11.0 Å². The number of nitrogens with one attached hydrogen (secondary N) is 1. The number of piperidine rings is 1. The third-order valence-electron chi connectivity index (χ3n) is 5.09. The average Bonchev–Trinajstić information content (AvgIpc) is 3.13. The van der Waals surface area contributed by atoms with Crippen molar-refractivity contribution in [3.05, 3.63) is 59.4 Å². The largest absolute Gasteiger partial charge is 0.479 e. The molecule has 27 heavy (non-hydrogen) atoms. The normalized spacial score (nSPS) is 16.4. The van der Waals surface area contributed by atoms with E-state index in [9.17, 15) is 4.79 Å². The van der Waals surface area contributed by atoms with Crippen LogP contribution >= 0.6 is 11.6 Å². The van der Waals surface area contributed by atoms with Gasteiger partial charge in [0.1, 0.15) is 11.6 Å². The fourth-order valence-corrected chi connectivity index (χ4v) is 3.76. The van der Waals surface area contributed by atoms with E-state index in [1.54, 1.807) is 19.1 Å². The first-order valence-corrected chi connectivity index (χ1v) is 9.64. The van der Waals surface area contributed by atoms with Crippen molar-refractivity contribution in [1.29, 1.82) is 0 Å². The van der Waals surface area contributed by atoms with Gasteiger partial charge in [0, 0.05) is 19.0 Å². The summed E-state index contributed by atoms with van der Waals surface area (Å²) in [6.45, 7) is 3.19. The van der Waals surface area contributed by atoms with E-state index in [4.69, 9.17) is 21.3 Å². The summed E-state index contributed by atoms with van der Waals surface area (Å²) < 4.78 is 5.77. The Hall–Kier alpha value is -2.53. The molecule has 3 aromatic rings. The highest BCUT2D eigenvalue weighted by molar-refractivity contribution is 6.32. The van der Waals surface area contributed by atoms with Crippen molar-refractivity contribution < 1.29 is 9.53 Å². The van der Waals surface area contributed by atoms with Gasteiger partial charge in [0.25, 0.3) is 5.91 Å². The SMILES string of the molecule is CC(Oc1ccccc1Cl)C(=O)N1CCC(c2nc3ccccc3[nH]2)CC1. The standard InChI is InChI=1S/C21H22ClN3O2/c1-14(27-19-9-5-2-6-16(19)22)21(26)25-12-10-15(11-13-25)20-23-17-7-3-4-8-18(17)24-20/h2-9,14-15H,10-13H2,1H3,(H,23,24). The number of aromatic amines is 1. The number of halogens is 1. The zero-order valence-corrected chi connectivity index (χ0v) is 15.9. The Morgan fingerprint density at radius 1 is 1.19 bits per heavy atom. The van der Waals surface area contributed by atoms with Gasteiger partial charge in [-0.25, -0.2) is 4.98 Å². The minimum absolute atomic E-state index is 0.00187. The number of amides is 1. The van der Waals surface area contributed by atoms with Crippen molar-refractivity contribution in [2.75, 3.05) is 13.1 Å². The first-order valence-electron chi connectivity index (χ1n) is 9.26. The van der Waals surface area contributed by atoms with E-state index in [2.05, 4.69) is 4.98 Å². The second-order valence-electron chi connectivity index (χ2n) is 6.93. The highest BCUT2D eigenvalue weighted by Gasteiger charge is 2.29. The molecule has 1 aromatic heterocycles. The molecule has 1 aliphatic rings. The lowest BCUT2D eigenvalue weighted by Crippen LogP contribution is -2.44. The molecule has 1 fully saturated rings. The Kier molecular flexibility index (Phi) is 5.03. The van der Waals surface area contributed by atoms with Crippen LogP contribution in [-0.2, 0) is 4.79 Å². The second-order valence-corrected chi connectivity index (χ2v) is 7.34. The number of fused-ring (bicyclic) bond motifs is 1. The number of para-hydroxylation sites is 3. The first kappa shape index (κ1) is 17.9. The summed E-state index contributed by atoms with van der Waals surface area (Å²) >= 11 is 6.12. The van der Waals surface area contributed by atoms with Gasteiger partial charge in [-0.1, -0.05) is 35.9 Å². The molecule has 2 heterocycles. The minimum Gasteiger partial charge on any atom is -0.479 e. The highest BCUT2D eigenvalue weighted by atomic mass is 35.5. The molecular weight excluding hydrogens is 362 g/mol. The number of nitrogens with zero attached hydrogens (tertiary/aromatic N) is 2. The number of carbonyl (C=O) groups is 1. The molecule has 5 nitrogen and oxygen atoms in total. The van der Waals surface area contributed by atoms with Crippen LogP contribution < -0.4 is 4.74 Å². The summed E-state index contributed by atoms with van der Waals surface area (Å²) in [6.07, 6.45) is 1.22. The van der Waals surface area contributed by atoms with E-state index >= 15 is 0 Å². The van der Waals surface area contributed by atoms with Crippen molar-refractivity contribution >= 4 is 28.5 Å². The fraction of sp³-hybridized carbons (Fsp3) is 0.333. The van der Waals surface area contributed by atoms with Gasteiger partial charge in [0.2, 0.25) is 0 Å². The van der Waals surface area contributed by atoms with Gasteiger partial charge >= 0.3 is 0 Å². The summed E-state index contributed by atoms with van der Waals surface area (Å²) in [5, 5.41) is 0.515. The summed E-state index contributed by atoms with van der Waals surface area (Å²) in [5.41, 5.74) is 2.06. The Labute approximate surface area is 163 Å². The molecule has 4 rings (SSSR count). The first-order chi connectivity index (χ1) is 13.1. The predicted molar refractivity (Wildman–Crippen MR) is 106 cm³/mol. The van der Waals surface area contributed by atoms with Gasteiger partial charge < -0.3 is 14.6 Å². The number of likely N-dealkylation sites (tertiary alicyclic amines) is 1. The maximum Gasteiger partial charge on any atom is 0.263 e. The quantitative estimate of drug-likeness (QED) is 0.726. The van der Waals surface area contributed by atoms with Crippen molar-refractivity contribution in [3.63, 3.8) is 0 Å². The minimum atomic E-state index is -0.562. The Balaban J connectivity index is 1.36. The van der Waals surface area contributed by atoms with E-state index in [1.807, 2.05) is 41.3 Å². The number of carbonyl (C=O) groups excluding carboxylic acids is 1. The summed E-state index contributed by atoms with van der Waals surface area (Å²) in [5.74, 6) is 1.90. The van der Waals surface area contributed by atoms with Crippen LogP contribution in [0.5, 0.6) is 5.75 Å². The van der Waals surface area contributed by atoms with Crippen molar-refractivity contribution in [3.8, 4) is 5.75 Å². The van der Waals surface area contributed by atoms with Crippen molar-refractivity contribution in [2.45, 2.75) is 31.8 Å². The average molecular weight is 384 g/mol. The summed E-state index contributed by atoms with van der Waals surface area (Å²) in [7, 11) is 0. The fourth-order valence-electron chi connectivity index (χ4n) is 3.58. The predicted octanol–water partition coefficient (Wildman–Crippen LogP) is 4.39. The lowest BCUT2D eigenvalue weighted by atomic mass is 9.96. The molecule has 1 unspecified atom stereocenters. The molecule has 0 aliphatic carbocycles. The lowest BCUT2D eigenvalue weighted by molar-refractivity contribution is -0.139. The maximum absolute atomic E-state index is 12.7. The van der Waals surface area contributed by atoms with E-state index in [1.165, 1.54) is 0 Å². The van der Waals surface area contributed by atoms with Crippen molar-refractivity contribution in [2.24, 2.45) is 0 Å². The third-order valence-corrected chi connectivity index (χ3v) is 5.40. The molecule has 1 N–H and O–H groups in total. The van der Waals surface area contributed by atoms with Crippen LogP contribution in [0, 0.1) is 0 Å². The van der Waals surface area contributed by atoms with Gasteiger partial charge in [0.05, 0.1) is 16.1 Å². The number of benzene rings is 2. The molecule has 1 saturated heterocycles. The molecule has 0 saturated carbocycles. The maximum atomic E-state index is 12.7. The number of H-pyrrole nitrogens is 1. The molecule has 0 radical (unpaired) electrons. The van der Waals surface area contributed by atoms with E-state index in [0.29, 0.717) is 29.8 Å². The van der Waals surface area contributed by atoms with Crippen LogP contribution in [0.4, 0.5) is 0 Å². The molecule has 2 aromatic carbocycles. The molecule has 140 valence electrons. The van der Waals surface area contributed by atoms with Crippen molar-refractivity contribution in [1.82, 2.24) is 14.9 Å². The number of rotatable bonds is 4. The smallest absolute Gasteiger partial charge is 0.263 e. The third kappa shape index (κ3) is 3.78. The van der Waals surface area contributed by atoms with Crippen LogP contribution in [0.2, 0.25) is 5.02 Å². The summed E-state index contributed by atoms with van der Waals surface area (Å²) in [6, 6.07) is 15.3. The van der Waals surface area contributed by atoms with E-state index < -0.39 is 6.10 Å². The van der Waals surface area contributed by atoms with Gasteiger partial charge in [-0.2, -0.15) is 0 Å². The van der Waals surface area contributed by atoms with Gasteiger partial charge in [-0.3, -0.25) is 4.79 Å². The van der Waals surface area contributed by atoms with E-state index in [-0.39, 0.29) is 5.91 Å². The molecule has 1 amide bonds. The Morgan fingerprint density at radius 3 is 2.63 bits per heavy atom.